The van der Waals surface area contributed by atoms with Gasteiger partial charge in [0.25, 0.3) is 5.56 Å². The maximum Gasteiger partial charge on any atom is 0.258 e. The van der Waals surface area contributed by atoms with E-state index >= 15 is 0 Å². The Balaban J connectivity index is 2.03. The van der Waals surface area contributed by atoms with E-state index in [1.54, 1.807) is 0 Å². The monoisotopic (exact) mass is 329 g/mol. The predicted molar refractivity (Wildman–Crippen MR) is 105 cm³/mol. The fourth-order valence-electron chi connectivity index (χ4n) is 3.04. The highest BCUT2D eigenvalue weighted by molar-refractivity contribution is 5.62. The number of nitrogens with zero attached hydrogens (tertiary/aromatic N) is 1. The quantitative estimate of drug-likeness (QED) is 0.438. The zero-order chi connectivity index (χ0) is 17.5. The van der Waals surface area contributed by atoms with Gasteiger partial charge in [-0.3, -0.25) is 4.79 Å². The molecular formula is C23H23NO. The van der Waals surface area contributed by atoms with Crippen LogP contribution in [0.3, 0.4) is 0 Å². The molecule has 0 fully saturated rings. The van der Waals surface area contributed by atoms with Gasteiger partial charge in [0.2, 0.25) is 0 Å². The van der Waals surface area contributed by atoms with E-state index in [9.17, 15) is 4.79 Å². The van der Waals surface area contributed by atoms with Crippen LogP contribution in [0, 0.1) is 0 Å². The summed E-state index contributed by atoms with van der Waals surface area (Å²) < 4.78 is 1.92. The summed E-state index contributed by atoms with van der Waals surface area (Å²) in [4.78, 5) is 13.2. The molecule has 0 amide bonds. The maximum absolute atomic E-state index is 13.2. The highest BCUT2D eigenvalue weighted by Gasteiger charge is 2.11. The summed E-state index contributed by atoms with van der Waals surface area (Å²) in [7, 11) is 0. The summed E-state index contributed by atoms with van der Waals surface area (Å²) in [5.41, 5.74) is 4.01. The molecule has 3 aromatic rings. The van der Waals surface area contributed by atoms with Gasteiger partial charge in [-0.05, 0) is 42.5 Å². The number of aryl methyl sites for hydroxylation is 1. The molecule has 126 valence electrons. The average Bonchev–Trinajstić information content (AvgIpc) is 2.66. The van der Waals surface area contributed by atoms with Crippen molar-refractivity contribution < 1.29 is 0 Å². The van der Waals surface area contributed by atoms with Crippen LogP contribution in [0.15, 0.2) is 90.2 Å². The van der Waals surface area contributed by atoms with E-state index in [1.807, 2.05) is 65.2 Å². The molecule has 1 aromatic heterocycles. The third-order valence-electron chi connectivity index (χ3n) is 4.37. The molecule has 3 rings (SSSR count). The molecule has 2 heteroatoms. The van der Waals surface area contributed by atoms with Gasteiger partial charge in [0.15, 0.2) is 0 Å². The van der Waals surface area contributed by atoms with Gasteiger partial charge in [0, 0.05) is 11.3 Å². The Morgan fingerprint density at radius 2 is 1.56 bits per heavy atom. The molecule has 0 spiro atoms. The molecule has 0 unspecified atom stereocenters. The zero-order valence-corrected chi connectivity index (χ0v) is 14.4. The van der Waals surface area contributed by atoms with E-state index in [2.05, 4.69) is 24.8 Å². The van der Waals surface area contributed by atoms with Crippen molar-refractivity contribution in [2.75, 3.05) is 0 Å². The molecule has 0 radical (unpaired) electrons. The van der Waals surface area contributed by atoms with Crippen LogP contribution in [0.2, 0.25) is 0 Å². The second-order valence-corrected chi connectivity index (χ2v) is 6.16. The summed E-state index contributed by atoms with van der Waals surface area (Å²) in [6, 6.07) is 24.1. The molecule has 1 heterocycles. The molecule has 0 aliphatic rings. The number of hydrogen-bond acceptors (Lipinski definition) is 1. The molecule has 2 nitrogen and oxygen atoms in total. The number of hydrogen-bond donors (Lipinski definition) is 0. The summed E-state index contributed by atoms with van der Waals surface area (Å²) in [6.45, 7) is 4.39. The Morgan fingerprint density at radius 1 is 0.880 bits per heavy atom. The zero-order valence-electron chi connectivity index (χ0n) is 14.4. The van der Waals surface area contributed by atoms with Crippen molar-refractivity contribution in [3.8, 4) is 11.1 Å². The second-order valence-electron chi connectivity index (χ2n) is 6.16. The third kappa shape index (κ3) is 4.16. The lowest BCUT2D eigenvalue weighted by Crippen LogP contribution is -2.25. The van der Waals surface area contributed by atoms with E-state index in [-0.39, 0.29) is 5.56 Å². The first-order valence-corrected chi connectivity index (χ1v) is 8.72. The minimum Gasteiger partial charge on any atom is -0.308 e. The van der Waals surface area contributed by atoms with Crippen molar-refractivity contribution >= 4 is 0 Å². The normalized spacial score (nSPS) is 10.6. The van der Waals surface area contributed by atoms with Crippen LogP contribution in [0.5, 0.6) is 0 Å². The summed E-state index contributed by atoms with van der Waals surface area (Å²) in [6.07, 6.45) is 4.77. The van der Waals surface area contributed by atoms with E-state index in [1.165, 1.54) is 0 Å². The Kier molecular flexibility index (Phi) is 5.63. The largest absolute Gasteiger partial charge is 0.308 e. The lowest BCUT2D eigenvalue weighted by Gasteiger charge is -2.15. The predicted octanol–water partition coefficient (Wildman–Crippen LogP) is 5.07. The first kappa shape index (κ1) is 17.0. The van der Waals surface area contributed by atoms with Crippen LogP contribution in [0.4, 0.5) is 0 Å². The fraction of sp³-hybridized carbons (Fsp3) is 0.174. The van der Waals surface area contributed by atoms with Gasteiger partial charge < -0.3 is 4.57 Å². The molecule has 0 saturated heterocycles. The van der Waals surface area contributed by atoms with Gasteiger partial charge in [0.1, 0.15) is 0 Å². The smallest absolute Gasteiger partial charge is 0.258 e. The van der Waals surface area contributed by atoms with E-state index < -0.39 is 0 Å². The van der Waals surface area contributed by atoms with Crippen molar-refractivity contribution in [3.05, 3.63) is 107 Å². The van der Waals surface area contributed by atoms with Gasteiger partial charge in [-0.25, -0.2) is 0 Å². The lowest BCUT2D eigenvalue weighted by molar-refractivity contribution is 0.678. The Bertz CT molecular complexity index is 879. The van der Waals surface area contributed by atoms with Crippen molar-refractivity contribution in [1.29, 1.82) is 0 Å². The summed E-state index contributed by atoms with van der Waals surface area (Å²) in [5.74, 6) is 0. The first-order chi connectivity index (χ1) is 12.3. The summed E-state index contributed by atoms with van der Waals surface area (Å²) in [5, 5.41) is 0. The maximum atomic E-state index is 13.2. The number of benzene rings is 2. The minimum atomic E-state index is 0.0751. The van der Waals surface area contributed by atoms with Crippen LogP contribution >= 0.6 is 0 Å². The molecule has 0 N–H and O–H groups in total. The lowest BCUT2D eigenvalue weighted by atomic mass is 10.0. The Morgan fingerprint density at radius 3 is 2.24 bits per heavy atom. The van der Waals surface area contributed by atoms with Gasteiger partial charge in [-0.1, -0.05) is 66.7 Å². The molecule has 0 atom stereocenters. The average molecular weight is 329 g/mol. The minimum absolute atomic E-state index is 0.0751. The van der Waals surface area contributed by atoms with E-state index in [4.69, 9.17) is 0 Å². The van der Waals surface area contributed by atoms with E-state index in [0.29, 0.717) is 6.54 Å². The van der Waals surface area contributed by atoms with Crippen LogP contribution in [-0.2, 0) is 13.0 Å². The number of aromatic nitrogens is 1. The second kappa shape index (κ2) is 8.29. The number of rotatable bonds is 7. The molecular weight excluding hydrogens is 306 g/mol. The molecule has 0 bridgehead atoms. The molecule has 0 saturated carbocycles. The number of unbranched alkanes of at least 4 members (excludes halogenated alkanes) is 1. The van der Waals surface area contributed by atoms with Crippen LogP contribution in [0.25, 0.3) is 11.1 Å². The van der Waals surface area contributed by atoms with Crippen molar-refractivity contribution in [2.45, 2.75) is 25.8 Å². The number of allylic oxidation sites excluding steroid dienone is 1. The molecule has 0 aliphatic heterocycles. The van der Waals surface area contributed by atoms with Crippen molar-refractivity contribution in [1.82, 2.24) is 4.57 Å². The highest BCUT2D eigenvalue weighted by atomic mass is 16.1. The Labute approximate surface area is 149 Å². The van der Waals surface area contributed by atoms with Gasteiger partial charge in [0.05, 0.1) is 6.54 Å². The van der Waals surface area contributed by atoms with Gasteiger partial charge in [-0.2, -0.15) is 0 Å². The number of pyridine rings is 1. The standard InChI is InChI=1S/C23H23NO/c1-2-3-6-15-21-16-17-22(20-13-9-5-10-14-20)23(25)24(21)18-19-11-7-4-8-12-19/h2,4-5,7-14,16-17H,1,3,6,15,18H2. The van der Waals surface area contributed by atoms with Gasteiger partial charge >= 0.3 is 0 Å². The molecule has 0 aliphatic carbocycles. The van der Waals surface area contributed by atoms with Crippen molar-refractivity contribution in [3.63, 3.8) is 0 Å². The Hall–Kier alpha value is -2.87. The molecule has 25 heavy (non-hydrogen) atoms. The molecule has 2 aromatic carbocycles. The van der Waals surface area contributed by atoms with Crippen LogP contribution in [0.1, 0.15) is 24.1 Å². The van der Waals surface area contributed by atoms with Crippen LogP contribution < -0.4 is 5.56 Å². The fourth-order valence-corrected chi connectivity index (χ4v) is 3.04. The third-order valence-corrected chi connectivity index (χ3v) is 4.37. The van der Waals surface area contributed by atoms with Gasteiger partial charge in [-0.15, -0.1) is 6.58 Å². The first-order valence-electron chi connectivity index (χ1n) is 8.72. The highest BCUT2D eigenvalue weighted by Crippen LogP contribution is 2.17. The summed E-state index contributed by atoms with van der Waals surface area (Å²) >= 11 is 0. The van der Waals surface area contributed by atoms with E-state index in [0.717, 1.165) is 41.6 Å². The van der Waals surface area contributed by atoms with Crippen molar-refractivity contribution in [2.24, 2.45) is 0 Å². The van der Waals surface area contributed by atoms with Crippen LogP contribution in [-0.4, -0.2) is 4.57 Å². The topological polar surface area (TPSA) is 22.0 Å². The SMILES string of the molecule is C=CCCCc1ccc(-c2ccccc2)c(=O)n1Cc1ccccc1.